The number of ether oxygens (including phenoxy) is 1. The van der Waals surface area contributed by atoms with E-state index in [9.17, 15) is 9.90 Å². The van der Waals surface area contributed by atoms with Gasteiger partial charge in [-0.05, 0) is 46.7 Å². The Morgan fingerprint density at radius 2 is 1.95 bits per heavy atom. The molecule has 118 valence electrons. The summed E-state index contributed by atoms with van der Waals surface area (Å²) >= 11 is 0. The molecule has 0 bridgehead atoms. The predicted octanol–water partition coefficient (Wildman–Crippen LogP) is 2.96. The highest BCUT2D eigenvalue weighted by atomic mass is 16.6. The Bertz CT molecular complexity index is 455. The molecular formula is C16H26N2O3. The summed E-state index contributed by atoms with van der Waals surface area (Å²) in [5, 5.41) is 15.8. The zero-order chi connectivity index (χ0) is 15.9. The fraction of sp³-hybridized carbons (Fsp3) is 0.562. The molecule has 0 heterocycles. The van der Waals surface area contributed by atoms with Gasteiger partial charge >= 0.3 is 6.09 Å². The number of nitrogens with one attached hydrogen (secondary N) is 2. The summed E-state index contributed by atoms with van der Waals surface area (Å²) in [5.41, 5.74) is 0.402. The van der Waals surface area contributed by atoms with E-state index in [1.54, 1.807) is 12.1 Å². The largest absolute Gasteiger partial charge is 0.508 e. The summed E-state index contributed by atoms with van der Waals surface area (Å²) in [5.74, 6) is 0.296. The van der Waals surface area contributed by atoms with Crippen LogP contribution in [0, 0.1) is 0 Å². The van der Waals surface area contributed by atoms with Crippen LogP contribution >= 0.6 is 0 Å². The number of phenols is 1. The number of para-hydroxylation sites is 1. The Morgan fingerprint density at radius 1 is 1.29 bits per heavy atom. The first-order chi connectivity index (χ1) is 9.79. The van der Waals surface area contributed by atoms with E-state index >= 15 is 0 Å². The maximum absolute atomic E-state index is 11.4. The van der Waals surface area contributed by atoms with E-state index in [4.69, 9.17) is 4.74 Å². The smallest absolute Gasteiger partial charge is 0.407 e. The first kappa shape index (κ1) is 17.3. The van der Waals surface area contributed by atoms with Gasteiger partial charge in [-0.1, -0.05) is 18.2 Å². The maximum atomic E-state index is 11.4. The molecule has 0 radical (unpaired) electrons. The van der Waals surface area contributed by atoms with Gasteiger partial charge in [-0.25, -0.2) is 4.79 Å². The summed E-state index contributed by atoms with van der Waals surface area (Å²) in [7, 11) is 0. The molecule has 3 N–H and O–H groups in total. The number of hydrogen-bond acceptors (Lipinski definition) is 4. The van der Waals surface area contributed by atoms with Crippen LogP contribution in [0.15, 0.2) is 24.3 Å². The lowest BCUT2D eigenvalue weighted by Crippen LogP contribution is -2.34. The van der Waals surface area contributed by atoms with E-state index in [0.29, 0.717) is 12.3 Å². The maximum Gasteiger partial charge on any atom is 0.407 e. The Labute approximate surface area is 126 Å². The van der Waals surface area contributed by atoms with Crippen molar-refractivity contribution in [1.29, 1.82) is 0 Å². The van der Waals surface area contributed by atoms with E-state index in [2.05, 4.69) is 10.6 Å². The number of carbonyl (C=O) groups is 1. The van der Waals surface area contributed by atoms with Gasteiger partial charge < -0.3 is 20.5 Å². The SMILES string of the molecule is CC(NCCCNC(=O)OC(C)(C)C)c1ccccc1O. The Hall–Kier alpha value is -1.75. The normalized spacial score (nSPS) is 12.8. The number of rotatable bonds is 6. The van der Waals surface area contributed by atoms with E-state index in [0.717, 1.165) is 18.5 Å². The van der Waals surface area contributed by atoms with Gasteiger partial charge in [0.25, 0.3) is 0 Å². The minimum atomic E-state index is -0.471. The van der Waals surface area contributed by atoms with E-state index < -0.39 is 11.7 Å². The van der Waals surface area contributed by atoms with Crippen LogP contribution in [0.5, 0.6) is 5.75 Å². The molecule has 5 nitrogen and oxygen atoms in total. The van der Waals surface area contributed by atoms with Crippen molar-refractivity contribution < 1.29 is 14.6 Å². The summed E-state index contributed by atoms with van der Waals surface area (Å²) < 4.78 is 5.15. The monoisotopic (exact) mass is 294 g/mol. The average molecular weight is 294 g/mol. The number of hydrogen-bond donors (Lipinski definition) is 3. The second kappa shape index (κ2) is 7.88. The molecule has 0 aliphatic heterocycles. The zero-order valence-corrected chi connectivity index (χ0v) is 13.3. The molecule has 0 aliphatic carbocycles. The van der Waals surface area contributed by atoms with Gasteiger partial charge in [0.1, 0.15) is 11.4 Å². The third-order valence-electron chi connectivity index (χ3n) is 2.88. The molecule has 1 amide bonds. The van der Waals surface area contributed by atoms with Crippen molar-refractivity contribution in [2.75, 3.05) is 13.1 Å². The molecule has 0 aliphatic rings. The van der Waals surface area contributed by atoms with Gasteiger partial charge in [0.15, 0.2) is 0 Å². The van der Waals surface area contributed by atoms with Crippen LogP contribution in [0.4, 0.5) is 4.79 Å². The van der Waals surface area contributed by atoms with Gasteiger partial charge in [0, 0.05) is 18.2 Å². The summed E-state index contributed by atoms with van der Waals surface area (Å²) in [6.45, 7) is 8.80. The number of aromatic hydroxyl groups is 1. The minimum Gasteiger partial charge on any atom is -0.508 e. The van der Waals surface area contributed by atoms with Crippen molar-refractivity contribution in [3.8, 4) is 5.75 Å². The van der Waals surface area contributed by atoms with Crippen molar-refractivity contribution in [3.63, 3.8) is 0 Å². The average Bonchev–Trinajstić information content (AvgIpc) is 2.36. The highest BCUT2D eigenvalue weighted by Crippen LogP contribution is 2.22. The van der Waals surface area contributed by atoms with Crippen LogP contribution in [0.1, 0.15) is 45.7 Å². The zero-order valence-electron chi connectivity index (χ0n) is 13.3. The van der Waals surface area contributed by atoms with Crippen molar-refractivity contribution >= 4 is 6.09 Å². The van der Waals surface area contributed by atoms with Gasteiger partial charge in [-0.3, -0.25) is 0 Å². The number of phenolic OH excluding ortho intramolecular Hbond substituents is 1. The second-order valence-electron chi connectivity index (χ2n) is 6.02. The molecule has 1 atom stereocenters. The van der Waals surface area contributed by atoms with Gasteiger partial charge in [0.05, 0.1) is 0 Å². The van der Waals surface area contributed by atoms with Crippen LogP contribution in [0.2, 0.25) is 0 Å². The standard InChI is InChI=1S/C16H26N2O3/c1-12(13-8-5-6-9-14(13)19)17-10-7-11-18-15(20)21-16(2,3)4/h5-6,8-9,12,17,19H,7,10-11H2,1-4H3,(H,18,20). The van der Waals surface area contributed by atoms with Crippen LogP contribution in [-0.2, 0) is 4.74 Å². The molecule has 1 rings (SSSR count). The first-order valence-corrected chi connectivity index (χ1v) is 7.28. The summed E-state index contributed by atoms with van der Waals surface area (Å²) in [6.07, 6.45) is 0.397. The molecule has 1 aromatic rings. The second-order valence-corrected chi connectivity index (χ2v) is 6.02. The molecule has 0 saturated carbocycles. The molecule has 21 heavy (non-hydrogen) atoms. The molecule has 0 saturated heterocycles. The number of carbonyl (C=O) groups excluding carboxylic acids is 1. The molecule has 0 spiro atoms. The van der Waals surface area contributed by atoms with Crippen LogP contribution in [0.25, 0.3) is 0 Å². The third kappa shape index (κ3) is 6.99. The van der Waals surface area contributed by atoms with Crippen molar-refractivity contribution in [1.82, 2.24) is 10.6 Å². The topological polar surface area (TPSA) is 70.6 Å². The Kier molecular flexibility index (Phi) is 6.49. The van der Waals surface area contributed by atoms with Crippen molar-refractivity contribution in [2.45, 2.75) is 45.8 Å². The number of amides is 1. The lowest BCUT2D eigenvalue weighted by Gasteiger charge is -2.20. The summed E-state index contributed by atoms with van der Waals surface area (Å²) in [6, 6.07) is 7.34. The Morgan fingerprint density at radius 3 is 2.57 bits per heavy atom. The lowest BCUT2D eigenvalue weighted by atomic mass is 10.1. The van der Waals surface area contributed by atoms with Crippen molar-refractivity contribution in [3.05, 3.63) is 29.8 Å². The van der Waals surface area contributed by atoms with E-state index in [1.807, 2.05) is 39.8 Å². The van der Waals surface area contributed by atoms with Crippen LogP contribution in [0.3, 0.4) is 0 Å². The fourth-order valence-electron chi connectivity index (χ4n) is 1.88. The number of alkyl carbamates (subject to hydrolysis) is 1. The molecule has 1 unspecified atom stereocenters. The first-order valence-electron chi connectivity index (χ1n) is 7.28. The lowest BCUT2D eigenvalue weighted by molar-refractivity contribution is 0.0527. The quantitative estimate of drug-likeness (QED) is 0.705. The number of benzene rings is 1. The van der Waals surface area contributed by atoms with Crippen LogP contribution in [-0.4, -0.2) is 29.9 Å². The fourth-order valence-corrected chi connectivity index (χ4v) is 1.88. The van der Waals surface area contributed by atoms with Crippen molar-refractivity contribution in [2.24, 2.45) is 0 Å². The highest BCUT2D eigenvalue weighted by molar-refractivity contribution is 5.67. The van der Waals surface area contributed by atoms with Crippen LogP contribution < -0.4 is 10.6 Å². The van der Waals surface area contributed by atoms with Gasteiger partial charge in [0.2, 0.25) is 0 Å². The predicted molar refractivity (Wildman–Crippen MR) is 83.4 cm³/mol. The van der Waals surface area contributed by atoms with E-state index in [1.165, 1.54) is 0 Å². The van der Waals surface area contributed by atoms with Gasteiger partial charge in [-0.2, -0.15) is 0 Å². The molecular weight excluding hydrogens is 268 g/mol. The molecule has 0 aromatic heterocycles. The Balaban J connectivity index is 2.20. The third-order valence-corrected chi connectivity index (χ3v) is 2.88. The molecule has 5 heteroatoms. The minimum absolute atomic E-state index is 0.0627. The van der Waals surface area contributed by atoms with E-state index in [-0.39, 0.29) is 6.04 Å². The molecule has 0 fully saturated rings. The molecule has 1 aromatic carbocycles. The summed E-state index contributed by atoms with van der Waals surface area (Å²) in [4.78, 5) is 11.4. The highest BCUT2D eigenvalue weighted by Gasteiger charge is 2.15. The van der Waals surface area contributed by atoms with Gasteiger partial charge in [-0.15, -0.1) is 0 Å².